The molecule has 0 aliphatic carbocycles. The van der Waals surface area contributed by atoms with Crippen molar-refractivity contribution in [1.29, 1.82) is 0 Å². The van der Waals surface area contributed by atoms with Gasteiger partial charge < -0.3 is 4.74 Å². The summed E-state index contributed by atoms with van der Waals surface area (Å²) in [6.07, 6.45) is 3.32. The van der Waals surface area contributed by atoms with E-state index in [9.17, 15) is 8.42 Å². The number of hydrogen-bond acceptors (Lipinski definition) is 4. The molecule has 0 aliphatic heterocycles. The predicted octanol–water partition coefficient (Wildman–Crippen LogP) is 2.06. The van der Waals surface area contributed by atoms with Gasteiger partial charge in [0.15, 0.2) is 0 Å². The molecule has 0 atom stereocenters. The van der Waals surface area contributed by atoms with E-state index in [2.05, 4.69) is 4.98 Å². The maximum absolute atomic E-state index is 12.7. The molecule has 0 aliphatic rings. The third kappa shape index (κ3) is 4.91. The van der Waals surface area contributed by atoms with Gasteiger partial charge in [-0.25, -0.2) is 8.42 Å². The summed E-state index contributed by atoms with van der Waals surface area (Å²) in [5.74, 6) is -0.0113. The van der Waals surface area contributed by atoms with Crippen LogP contribution in [0.2, 0.25) is 0 Å². The largest absolute Gasteiger partial charge is 0.383 e. The van der Waals surface area contributed by atoms with E-state index >= 15 is 0 Å². The molecule has 0 saturated carbocycles. The van der Waals surface area contributed by atoms with Crippen molar-refractivity contribution in [2.75, 3.05) is 20.3 Å². The Labute approximate surface area is 131 Å². The molecule has 1 heterocycles. The average molecular weight is 320 g/mol. The lowest BCUT2D eigenvalue weighted by Crippen LogP contribution is -2.34. The van der Waals surface area contributed by atoms with Gasteiger partial charge in [-0.1, -0.05) is 30.3 Å². The number of rotatable bonds is 8. The lowest BCUT2D eigenvalue weighted by Gasteiger charge is -2.22. The quantitative estimate of drug-likeness (QED) is 0.747. The second-order valence-corrected chi connectivity index (χ2v) is 6.89. The van der Waals surface area contributed by atoms with Gasteiger partial charge in [0.05, 0.1) is 12.4 Å². The number of ether oxygens (including phenoxy) is 1. The molecule has 0 N–H and O–H groups in total. The van der Waals surface area contributed by atoms with Crippen LogP contribution in [0.5, 0.6) is 0 Å². The summed E-state index contributed by atoms with van der Waals surface area (Å²) >= 11 is 0. The minimum atomic E-state index is -3.41. The van der Waals surface area contributed by atoms with E-state index < -0.39 is 10.0 Å². The first kappa shape index (κ1) is 16.6. The lowest BCUT2D eigenvalue weighted by molar-refractivity contribution is 0.177. The Morgan fingerprint density at radius 1 is 1.05 bits per heavy atom. The third-order valence-electron chi connectivity index (χ3n) is 3.24. The second kappa shape index (κ2) is 8.03. The van der Waals surface area contributed by atoms with Crippen LogP contribution in [0, 0.1) is 0 Å². The van der Waals surface area contributed by atoms with Crippen LogP contribution in [0.1, 0.15) is 11.1 Å². The lowest BCUT2D eigenvalue weighted by atomic mass is 10.2. The van der Waals surface area contributed by atoms with Crippen molar-refractivity contribution in [2.24, 2.45) is 0 Å². The highest BCUT2D eigenvalue weighted by Crippen LogP contribution is 2.14. The summed E-state index contributed by atoms with van der Waals surface area (Å²) in [4.78, 5) is 3.95. The second-order valence-electron chi connectivity index (χ2n) is 4.92. The molecule has 0 amide bonds. The van der Waals surface area contributed by atoms with Gasteiger partial charge >= 0.3 is 0 Å². The monoisotopic (exact) mass is 320 g/mol. The first-order valence-electron chi connectivity index (χ1n) is 7.01. The Kier molecular flexibility index (Phi) is 6.06. The van der Waals surface area contributed by atoms with Crippen LogP contribution in [-0.4, -0.2) is 38.0 Å². The van der Waals surface area contributed by atoms with E-state index in [0.717, 1.165) is 11.1 Å². The Morgan fingerprint density at radius 3 is 2.36 bits per heavy atom. The Bertz CT molecular complexity index is 660. The summed E-state index contributed by atoms with van der Waals surface area (Å²) in [7, 11) is -1.85. The van der Waals surface area contributed by atoms with Gasteiger partial charge in [-0.2, -0.15) is 4.31 Å². The van der Waals surface area contributed by atoms with Crippen molar-refractivity contribution in [1.82, 2.24) is 9.29 Å². The van der Waals surface area contributed by atoms with E-state index in [0.29, 0.717) is 19.7 Å². The van der Waals surface area contributed by atoms with Gasteiger partial charge in [0.25, 0.3) is 0 Å². The van der Waals surface area contributed by atoms with Gasteiger partial charge in [0.2, 0.25) is 10.0 Å². The Balaban J connectivity index is 2.16. The molecule has 0 unspecified atom stereocenters. The molecule has 118 valence electrons. The molecule has 0 spiro atoms. The highest BCUT2D eigenvalue weighted by atomic mass is 32.2. The highest BCUT2D eigenvalue weighted by Gasteiger charge is 2.22. The molecule has 1 aromatic carbocycles. The summed E-state index contributed by atoms with van der Waals surface area (Å²) in [5.41, 5.74) is 1.68. The van der Waals surface area contributed by atoms with E-state index in [1.54, 1.807) is 19.5 Å². The van der Waals surface area contributed by atoms with E-state index in [1.807, 2.05) is 42.5 Å². The smallest absolute Gasteiger partial charge is 0.218 e. The Morgan fingerprint density at radius 2 is 1.73 bits per heavy atom. The normalized spacial score (nSPS) is 11.7. The molecule has 6 heteroatoms. The van der Waals surface area contributed by atoms with E-state index in [4.69, 9.17) is 4.74 Å². The van der Waals surface area contributed by atoms with Crippen LogP contribution in [-0.2, 0) is 27.1 Å². The maximum Gasteiger partial charge on any atom is 0.218 e. The topological polar surface area (TPSA) is 59.5 Å². The summed E-state index contributed by atoms with van der Waals surface area (Å²) in [6, 6.07) is 12.8. The van der Waals surface area contributed by atoms with Crippen molar-refractivity contribution >= 4 is 10.0 Å². The molecule has 2 aromatic rings. The zero-order valence-electron chi connectivity index (χ0n) is 12.6. The van der Waals surface area contributed by atoms with Crippen molar-refractivity contribution in [3.05, 3.63) is 66.0 Å². The molecule has 0 saturated heterocycles. The van der Waals surface area contributed by atoms with Gasteiger partial charge in [-0.3, -0.25) is 4.98 Å². The van der Waals surface area contributed by atoms with E-state index in [1.165, 1.54) is 4.31 Å². The summed E-state index contributed by atoms with van der Waals surface area (Å²) in [5, 5.41) is 0. The molecule has 0 fully saturated rings. The van der Waals surface area contributed by atoms with Gasteiger partial charge in [-0.05, 0) is 23.3 Å². The predicted molar refractivity (Wildman–Crippen MR) is 85.6 cm³/mol. The molecular weight excluding hydrogens is 300 g/mol. The van der Waals surface area contributed by atoms with Crippen molar-refractivity contribution in [2.45, 2.75) is 12.3 Å². The third-order valence-corrected chi connectivity index (χ3v) is 5.03. The summed E-state index contributed by atoms with van der Waals surface area (Å²) < 4.78 is 31.8. The molecule has 0 radical (unpaired) electrons. The number of methoxy groups -OCH3 is 1. The van der Waals surface area contributed by atoms with Crippen molar-refractivity contribution in [3.63, 3.8) is 0 Å². The number of sulfonamides is 1. The number of aromatic nitrogens is 1. The molecule has 5 nitrogen and oxygen atoms in total. The maximum atomic E-state index is 12.7. The minimum Gasteiger partial charge on any atom is -0.383 e. The summed E-state index contributed by atoms with van der Waals surface area (Å²) in [6.45, 7) is 1.01. The first-order chi connectivity index (χ1) is 10.6. The fourth-order valence-corrected chi connectivity index (χ4v) is 3.57. The first-order valence-corrected chi connectivity index (χ1v) is 8.62. The molecule has 22 heavy (non-hydrogen) atoms. The molecule has 0 bridgehead atoms. The fourth-order valence-electron chi connectivity index (χ4n) is 2.08. The SMILES string of the molecule is COCCN(Cc1ccncc1)S(=O)(=O)Cc1ccccc1. The van der Waals surface area contributed by atoms with Crippen LogP contribution in [0.25, 0.3) is 0 Å². The van der Waals surface area contributed by atoms with Crippen LogP contribution in [0.3, 0.4) is 0 Å². The van der Waals surface area contributed by atoms with Crippen LogP contribution >= 0.6 is 0 Å². The molecular formula is C16H20N2O3S. The average Bonchev–Trinajstić information content (AvgIpc) is 2.53. The number of benzene rings is 1. The number of hydrogen-bond donors (Lipinski definition) is 0. The fraction of sp³-hybridized carbons (Fsp3) is 0.312. The van der Waals surface area contributed by atoms with E-state index in [-0.39, 0.29) is 5.75 Å². The standard InChI is InChI=1S/C16H20N2O3S/c1-21-12-11-18(13-15-7-9-17-10-8-15)22(19,20)14-16-5-3-2-4-6-16/h2-10H,11-14H2,1H3. The van der Waals surface area contributed by atoms with Crippen molar-refractivity contribution in [3.8, 4) is 0 Å². The van der Waals surface area contributed by atoms with Crippen LogP contribution in [0.4, 0.5) is 0 Å². The van der Waals surface area contributed by atoms with Gasteiger partial charge in [0.1, 0.15) is 0 Å². The minimum absolute atomic E-state index is 0.0113. The van der Waals surface area contributed by atoms with Gasteiger partial charge in [-0.15, -0.1) is 0 Å². The number of pyridine rings is 1. The van der Waals surface area contributed by atoms with Crippen molar-refractivity contribution < 1.29 is 13.2 Å². The zero-order chi connectivity index (χ0) is 15.8. The van der Waals surface area contributed by atoms with Crippen LogP contribution < -0.4 is 0 Å². The Hall–Kier alpha value is -1.76. The number of nitrogens with zero attached hydrogens (tertiary/aromatic N) is 2. The van der Waals surface area contributed by atoms with Crippen LogP contribution in [0.15, 0.2) is 54.9 Å². The van der Waals surface area contributed by atoms with Gasteiger partial charge in [0, 0.05) is 32.6 Å². The zero-order valence-corrected chi connectivity index (χ0v) is 13.4. The molecule has 1 aromatic heterocycles. The highest BCUT2D eigenvalue weighted by molar-refractivity contribution is 7.88. The molecule has 2 rings (SSSR count).